The van der Waals surface area contributed by atoms with E-state index < -0.39 is 0 Å². The van der Waals surface area contributed by atoms with Crippen molar-refractivity contribution < 1.29 is 4.79 Å². The van der Waals surface area contributed by atoms with Gasteiger partial charge in [0.05, 0.1) is 11.4 Å². The van der Waals surface area contributed by atoms with E-state index in [1.165, 1.54) is 6.33 Å². The summed E-state index contributed by atoms with van der Waals surface area (Å²) in [4.78, 5) is 20.4. The van der Waals surface area contributed by atoms with Crippen LogP contribution < -0.4 is 10.6 Å². The SMILES string of the molecule is O=C(NCCc1cn2ccccc2n1)NCc1ccc(-n2cncn2)cc1. The van der Waals surface area contributed by atoms with E-state index in [1.807, 2.05) is 59.3 Å². The minimum atomic E-state index is -0.195. The Labute approximate surface area is 155 Å². The molecule has 0 radical (unpaired) electrons. The number of imidazole rings is 1. The minimum absolute atomic E-state index is 0.195. The van der Waals surface area contributed by atoms with Gasteiger partial charge in [0, 0.05) is 31.9 Å². The van der Waals surface area contributed by atoms with Crippen molar-refractivity contribution in [3.63, 3.8) is 0 Å². The lowest BCUT2D eigenvalue weighted by Gasteiger charge is -2.08. The summed E-state index contributed by atoms with van der Waals surface area (Å²) in [5, 5.41) is 9.80. The lowest BCUT2D eigenvalue weighted by Crippen LogP contribution is -2.36. The fourth-order valence-electron chi connectivity index (χ4n) is 2.76. The maximum absolute atomic E-state index is 12.0. The van der Waals surface area contributed by atoms with Crippen LogP contribution in [0.4, 0.5) is 4.79 Å². The molecule has 0 aliphatic carbocycles. The van der Waals surface area contributed by atoms with Gasteiger partial charge in [-0.25, -0.2) is 19.4 Å². The van der Waals surface area contributed by atoms with Crippen molar-refractivity contribution in [3.05, 3.63) is 78.8 Å². The molecular weight excluding hydrogens is 342 g/mol. The predicted molar refractivity (Wildman–Crippen MR) is 100 cm³/mol. The standard InChI is InChI=1S/C19H19N7O/c27-19(21-9-8-16-12-25-10-2-1-3-18(25)24-16)22-11-15-4-6-17(7-5-15)26-14-20-13-23-26/h1-7,10,12-14H,8-9,11H2,(H2,21,22,27). The number of amides is 2. The van der Waals surface area contributed by atoms with Crippen molar-refractivity contribution in [2.45, 2.75) is 13.0 Å². The second-order valence-electron chi connectivity index (χ2n) is 6.06. The number of fused-ring (bicyclic) bond motifs is 1. The Morgan fingerprint density at radius 3 is 2.74 bits per heavy atom. The van der Waals surface area contributed by atoms with Crippen molar-refractivity contribution in [2.24, 2.45) is 0 Å². The van der Waals surface area contributed by atoms with Crippen LogP contribution in [0.5, 0.6) is 0 Å². The highest BCUT2D eigenvalue weighted by Gasteiger charge is 2.04. The number of urea groups is 1. The van der Waals surface area contributed by atoms with Gasteiger partial charge in [0.15, 0.2) is 0 Å². The molecule has 27 heavy (non-hydrogen) atoms. The summed E-state index contributed by atoms with van der Waals surface area (Å²) in [5.74, 6) is 0. The fourth-order valence-corrected chi connectivity index (χ4v) is 2.76. The monoisotopic (exact) mass is 361 g/mol. The average Bonchev–Trinajstić information content (AvgIpc) is 3.36. The Morgan fingerprint density at radius 2 is 1.96 bits per heavy atom. The molecule has 0 spiro atoms. The van der Waals surface area contributed by atoms with E-state index in [0.29, 0.717) is 19.5 Å². The van der Waals surface area contributed by atoms with Crippen molar-refractivity contribution in [1.82, 2.24) is 34.8 Å². The minimum Gasteiger partial charge on any atom is -0.338 e. The number of aromatic nitrogens is 5. The molecule has 8 nitrogen and oxygen atoms in total. The van der Waals surface area contributed by atoms with Gasteiger partial charge in [0.1, 0.15) is 18.3 Å². The van der Waals surface area contributed by atoms with E-state index in [4.69, 9.17) is 0 Å². The Kier molecular flexibility index (Phi) is 4.78. The molecule has 1 aromatic carbocycles. The first kappa shape index (κ1) is 16.8. The summed E-state index contributed by atoms with van der Waals surface area (Å²) >= 11 is 0. The zero-order chi connectivity index (χ0) is 18.5. The highest BCUT2D eigenvalue weighted by atomic mass is 16.2. The maximum Gasteiger partial charge on any atom is 0.315 e. The summed E-state index contributed by atoms with van der Waals surface area (Å²) in [6, 6.07) is 13.5. The molecule has 3 heterocycles. The average molecular weight is 361 g/mol. The van der Waals surface area contributed by atoms with Crippen LogP contribution in [-0.4, -0.2) is 36.7 Å². The zero-order valence-corrected chi connectivity index (χ0v) is 14.6. The number of pyridine rings is 1. The van der Waals surface area contributed by atoms with Gasteiger partial charge in [-0.05, 0) is 29.8 Å². The molecule has 0 atom stereocenters. The second kappa shape index (κ2) is 7.69. The molecule has 0 saturated heterocycles. The third kappa shape index (κ3) is 4.12. The van der Waals surface area contributed by atoms with Crippen LogP contribution in [0.25, 0.3) is 11.3 Å². The number of nitrogens with zero attached hydrogens (tertiary/aromatic N) is 5. The van der Waals surface area contributed by atoms with Gasteiger partial charge in [-0.2, -0.15) is 5.10 Å². The molecule has 2 N–H and O–H groups in total. The van der Waals surface area contributed by atoms with Crippen molar-refractivity contribution in [3.8, 4) is 5.69 Å². The number of hydrogen-bond acceptors (Lipinski definition) is 4. The first-order chi connectivity index (χ1) is 13.3. The van der Waals surface area contributed by atoms with Crippen molar-refractivity contribution >= 4 is 11.7 Å². The molecule has 2 amide bonds. The van der Waals surface area contributed by atoms with E-state index in [0.717, 1.165) is 22.6 Å². The molecule has 0 saturated carbocycles. The van der Waals surface area contributed by atoms with Crippen LogP contribution in [-0.2, 0) is 13.0 Å². The molecule has 0 aliphatic heterocycles. The Morgan fingerprint density at radius 1 is 1.07 bits per heavy atom. The van der Waals surface area contributed by atoms with Crippen LogP contribution in [0.2, 0.25) is 0 Å². The summed E-state index contributed by atoms with van der Waals surface area (Å²) in [7, 11) is 0. The topological polar surface area (TPSA) is 89.1 Å². The number of carbonyl (C=O) groups is 1. The lowest BCUT2D eigenvalue weighted by molar-refractivity contribution is 0.240. The summed E-state index contributed by atoms with van der Waals surface area (Å²) in [5.41, 5.74) is 3.79. The van der Waals surface area contributed by atoms with E-state index in [9.17, 15) is 4.79 Å². The Balaban J connectivity index is 1.22. The predicted octanol–water partition coefficient (Wildman–Crippen LogP) is 1.96. The van der Waals surface area contributed by atoms with Gasteiger partial charge in [-0.1, -0.05) is 18.2 Å². The van der Waals surface area contributed by atoms with E-state index >= 15 is 0 Å². The zero-order valence-electron chi connectivity index (χ0n) is 14.6. The maximum atomic E-state index is 12.0. The molecule has 0 bridgehead atoms. The van der Waals surface area contributed by atoms with Gasteiger partial charge in [0.2, 0.25) is 0 Å². The van der Waals surface area contributed by atoms with Crippen LogP contribution in [0.15, 0.2) is 67.5 Å². The number of hydrogen-bond donors (Lipinski definition) is 2. The highest BCUT2D eigenvalue weighted by Crippen LogP contribution is 2.08. The number of nitrogens with one attached hydrogen (secondary N) is 2. The van der Waals surface area contributed by atoms with Gasteiger partial charge in [-0.3, -0.25) is 0 Å². The Bertz CT molecular complexity index is 989. The third-order valence-corrected chi connectivity index (χ3v) is 4.15. The molecule has 0 fully saturated rings. The van der Waals surface area contributed by atoms with Crippen LogP contribution in [0.1, 0.15) is 11.3 Å². The van der Waals surface area contributed by atoms with Crippen molar-refractivity contribution in [1.29, 1.82) is 0 Å². The quantitative estimate of drug-likeness (QED) is 0.549. The number of carbonyl (C=O) groups excluding carboxylic acids is 1. The summed E-state index contributed by atoms with van der Waals surface area (Å²) < 4.78 is 3.65. The first-order valence-corrected chi connectivity index (χ1v) is 8.66. The second-order valence-corrected chi connectivity index (χ2v) is 6.06. The molecule has 4 rings (SSSR count). The van der Waals surface area contributed by atoms with E-state index in [1.54, 1.807) is 11.0 Å². The summed E-state index contributed by atoms with van der Waals surface area (Å²) in [6.45, 7) is 0.985. The fraction of sp³-hybridized carbons (Fsp3) is 0.158. The van der Waals surface area contributed by atoms with Crippen LogP contribution >= 0.6 is 0 Å². The Hall–Kier alpha value is -3.68. The van der Waals surface area contributed by atoms with E-state index in [2.05, 4.69) is 25.7 Å². The molecule has 0 aliphatic rings. The normalized spacial score (nSPS) is 10.8. The smallest absolute Gasteiger partial charge is 0.315 e. The highest BCUT2D eigenvalue weighted by molar-refractivity contribution is 5.73. The number of benzene rings is 1. The molecule has 4 aromatic rings. The van der Waals surface area contributed by atoms with E-state index in [-0.39, 0.29) is 6.03 Å². The summed E-state index contributed by atoms with van der Waals surface area (Å²) in [6.07, 6.45) is 7.75. The van der Waals surface area contributed by atoms with Gasteiger partial charge >= 0.3 is 6.03 Å². The molecule has 136 valence electrons. The van der Waals surface area contributed by atoms with Gasteiger partial charge in [-0.15, -0.1) is 0 Å². The molecular formula is C19H19N7O. The van der Waals surface area contributed by atoms with Gasteiger partial charge < -0.3 is 15.0 Å². The molecule has 3 aromatic heterocycles. The number of rotatable bonds is 6. The van der Waals surface area contributed by atoms with Gasteiger partial charge in [0.25, 0.3) is 0 Å². The molecule has 0 unspecified atom stereocenters. The van der Waals surface area contributed by atoms with Crippen molar-refractivity contribution in [2.75, 3.05) is 6.54 Å². The van der Waals surface area contributed by atoms with Crippen LogP contribution in [0.3, 0.4) is 0 Å². The molecule has 8 heteroatoms. The van der Waals surface area contributed by atoms with Crippen LogP contribution in [0, 0.1) is 0 Å². The third-order valence-electron chi connectivity index (χ3n) is 4.15. The first-order valence-electron chi connectivity index (χ1n) is 8.66. The lowest BCUT2D eigenvalue weighted by atomic mass is 10.2. The largest absolute Gasteiger partial charge is 0.338 e.